The zero-order chi connectivity index (χ0) is 15.4. The van der Waals surface area contributed by atoms with E-state index in [1.807, 2.05) is 26.2 Å². The van der Waals surface area contributed by atoms with Crippen LogP contribution in [0.3, 0.4) is 0 Å². The molecule has 2 N–H and O–H groups in total. The topological polar surface area (TPSA) is 70.4 Å². The molecule has 1 heterocycles. The fourth-order valence-electron chi connectivity index (χ4n) is 2.11. The number of non-ortho nitro benzene ring substituents is 1. The lowest BCUT2D eigenvalue weighted by Gasteiger charge is -2.26. The van der Waals surface area contributed by atoms with Crippen molar-refractivity contribution in [3.8, 4) is 0 Å². The van der Waals surface area contributed by atoms with Gasteiger partial charge in [-0.15, -0.1) is 0 Å². The van der Waals surface area contributed by atoms with Crippen molar-refractivity contribution in [2.45, 2.75) is 12.5 Å². The van der Waals surface area contributed by atoms with E-state index < -0.39 is 0 Å². The quantitative estimate of drug-likeness (QED) is 0.492. The van der Waals surface area contributed by atoms with Crippen LogP contribution in [0.1, 0.15) is 18.0 Å². The summed E-state index contributed by atoms with van der Waals surface area (Å²) in [5.41, 5.74) is 1.95. The second kappa shape index (κ2) is 6.64. The molecule has 0 amide bonds. The van der Waals surface area contributed by atoms with Crippen molar-refractivity contribution in [3.05, 3.63) is 51.7 Å². The number of rotatable bonds is 5. The first-order chi connectivity index (χ1) is 9.95. The van der Waals surface area contributed by atoms with Crippen molar-refractivity contribution in [1.82, 2.24) is 15.5 Å². The Morgan fingerprint density at radius 1 is 1.43 bits per heavy atom. The van der Waals surface area contributed by atoms with Crippen LogP contribution in [0.5, 0.6) is 0 Å². The van der Waals surface area contributed by atoms with Crippen LogP contribution >= 0.6 is 12.2 Å². The number of hydrogen-bond acceptors (Lipinski definition) is 4. The molecule has 0 aliphatic carbocycles. The monoisotopic (exact) mass is 306 g/mol. The second-order valence-corrected chi connectivity index (χ2v) is 5.58. The van der Waals surface area contributed by atoms with Crippen molar-refractivity contribution >= 4 is 23.0 Å². The van der Waals surface area contributed by atoms with Crippen LogP contribution in [0.15, 0.2) is 36.0 Å². The van der Waals surface area contributed by atoms with Gasteiger partial charge < -0.3 is 15.5 Å². The smallest absolute Gasteiger partial charge is 0.269 e. The fourth-order valence-corrected chi connectivity index (χ4v) is 2.37. The third kappa shape index (κ3) is 4.24. The molecule has 21 heavy (non-hydrogen) atoms. The Kier molecular flexibility index (Phi) is 4.87. The third-order valence-corrected chi connectivity index (χ3v) is 3.42. The normalized spacial score (nSPS) is 18.0. The van der Waals surface area contributed by atoms with Crippen molar-refractivity contribution in [2.75, 3.05) is 20.6 Å². The van der Waals surface area contributed by atoms with Gasteiger partial charge in [0.25, 0.3) is 5.69 Å². The van der Waals surface area contributed by atoms with E-state index in [4.69, 9.17) is 12.2 Å². The molecule has 0 aromatic heterocycles. The summed E-state index contributed by atoms with van der Waals surface area (Å²) in [5, 5.41) is 17.7. The van der Waals surface area contributed by atoms with E-state index in [2.05, 4.69) is 15.5 Å². The molecule has 1 atom stereocenters. The maximum Gasteiger partial charge on any atom is 0.269 e. The summed E-state index contributed by atoms with van der Waals surface area (Å²) in [6, 6.07) is 6.47. The molecule has 112 valence electrons. The Hall–Kier alpha value is -1.99. The zero-order valence-corrected chi connectivity index (χ0v) is 12.8. The predicted octanol–water partition coefficient (Wildman–Crippen LogP) is 1.95. The molecule has 1 unspecified atom stereocenters. The highest BCUT2D eigenvalue weighted by atomic mass is 32.1. The van der Waals surface area contributed by atoms with Gasteiger partial charge in [0.15, 0.2) is 5.11 Å². The van der Waals surface area contributed by atoms with Crippen LogP contribution in [0.2, 0.25) is 0 Å². The van der Waals surface area contributed by atoms with Crippen LogP contribution in [-0.2, 0) is 0 Å². The fraction of sp³-hybridized carbons (Fsp3) is 0.357. The molecule has 6 nitrogen and oxygen atoms in total. The maximum absolute atomic E-state index is 10.9. The van der Waals surface area contributed by atoms with E-state index in [9.17, 15) is 10.1 Å². The lowest BCUT2D eigenvalue weighted by atomic mass is 10.0. The van der Waals surface area contributed by atoms with Gasteiger partial charge in [0, 0.05) is 30.8 Å². The first-order valence-electron chi connectivity index (χ1n) is 6.63. The number of nitro benzene ring substituents is 1. The van der Waals surface area contributed by atoms with E-state index in [-0.39, 0.29) is 16.7 Å². The summed E-state index contributed by atoms with van der Waals surface area (Å²) >= 11 is 5.21. The van der Waals surface area contributed by atoms with E-state index in [1.165, 1.54) is 6.07 Å². The number of thiocarbonyl (C=S) groups is 1. The third-order valence-electron chi connectivity index (χ3n) is 3.20. The molecule has 1 aromatic carbocycles. The molecule has 2 rings (SSSR count). The number of hydrogen-bond donors (Lipinski definition) is 2. The van der Waals surface area contributed by atoms with Gasteiger partial charge >= 0.3 is 0 Å². The molecular formula is C14H18N4O2S. The van der Waals surface area contributed by atoms with Gasteiger partial charge in [-0.3, -0.25) is 10.1 Å². The Morgan fingerprint density at radius 3 is 2.86 bits per heavy atom. The molecule has 1 aromatic rings. The molecule has 0 saturated heterocycles. The molecule has 0 saturated carbocycles. The molecule has 0 fully saturated rings. The number of nitro groups is 1. The minimum atomic E-state index is -0.389. The Labute approximate surface area is 129 Å². The molecule has 1 aliphatic rings. The van der Waals surface area contributed by atoms with Gasteiger partial charge in [0.05, 0.1) is 11.0 Å². The van der Waals surface area contributed by atoms with Crippen LogP contribution in [-0.4, -0.2) is 35.6 Å². The van der Waals surface area contributed by atoms with E-state index in [0.717, 1.165) is 24.2 Å². The predicted molar refractivity (Wildman–Crippen MR) is 86.0 cm³/mol. The maximum atomic E-state index is 10.9. The number of nitrogens with one attached hydrogen (secondary N) is 2. The number of benzene rings is 1. The summed E-state index contributed by atoms with van der Waals surface area (Å²) in [6.07, 6.45) is 2.87. The summed E-state index contributed by atoms with van der Waals surface area (Å²) in [7, 11) is 4.02. The van der Waals surface area contributed by atoms with Gasteiger partial charge in [-0.05, 0) is 38.0 Å². The molecule has 0 bridgehead atoms. The summed E-state index contributed by atoms with van der Waals surface area (Å²) in [6.45, 7) is 0.906. The van der Waals surface area contributed by atoms with Crippen molar-refractivity contribution in [2.24, 2.45) is 0 Å². The highest BCUT2D eigenvalue weighted by molar-refractivity contribution is 7.80. The zero-order valence-electron chi connectivity index (χ0n) is 12.0. The van der Waals surface area contributed by atoms with Crippen LogP contribution in [0, 0.1) is 10.1 Å². The Bertz CT molecular complexity index is 586. The summed E-state index contributed by atoms with van der Waals surface area (Å²) in [4.78, 5) is 12.6. The summed E-state index contributed by atoms with van der Waals surface area (Å²) in [5.74, 6) is 0. The second-order valence-electron chi connectivity index (χ2n) is 5.17. The summed E-state index contributed by atoms with van der Waals surface area (Å²) < 4.78 is 0. The van der Waals surface area contributed by atoms with E-state index >= 15 is 0 Å². The standard InChI is InChI=1S/C14H18N4O2S/c1-17(2)7-6-11-9-13(16-14(21)15-11)10-4-3-5-12(8-10)18(19)20/h3-5,8-9,13H,6-7H2,1-2H3,(H2,15,16,21). The Morgan fingerprint density at radius 2 is 2.19 bits per heavy atom. The lowest BCUT2D eigenvalue weighted by molar-refractivity contribution is -0.384. The van der Waals surface area contributed by atoms with Gasteiger partial charge in [-0.1, -0.05) is 12.1 Å². The highest BCUT2D eigenvalue weighted by Gasteiger charge is 2.19. The lowest BCUT2D eigenvalue weighted by Crippen LogP contribution is -2.41. The molecule has 0 radical (unpaired) electrons. The molecule has 7 heteroatoms. The van der Waals surface area contributed by atoms with Gasteiger partial charge in [0.2, 0.25) is 0 Å². The Balaban J connectivity index is 2.21. The van der Waals surface area contributed by atoms with Gasteiger partial charge in [-0.2, -0.15) is 0 Å². The minimum absolute atomic E-state index is 0.0852. The van der Waals surface area contributed by atoms with Crippen LogP contribution in [0.25, 0.3) is 0 Å². The minimum Gasteiger partial charge on any atom is -0.352 e. The SMILES string of the molecule is CN(C)CCC1=CC(c2cccc([N+](=O)[O-])c2)NC(=S)N1. The van der Waals surface area contributed by atoms with Crippen molar-refractivity contribution in [3.63, 3.8) is 0 Å². The first-order valence-corrected chi connectivity index (χ1v) is 7.04. The van der Waals surface area contributed by atoms with Crippen molar-refractivity contribution < 1.29 is 4.92 Å². The largest absolute Gasteiger partial charge is 0.352 e. The first kappa shape index (κ1) is 15.4. The van der Waals surface area contributed by atoms with Crippen molar-refractivity contribution in [1.29, 1.82) is 0 Å². The average molecular weight is 306 g/mol. The van der Waals surface area contributed by atoms with Crippen LogP contribution < -0.4 is 10.6 Å². The molecular weight excluding hydrogens is 288 g/mol. The molecule has 1 aliphatic heterocycles. The highest BCUT2D eigenvalue weighted by Crippen LogP contribution is 2.23. The van der Waals surface area contributed by atoms with Gasteiger partial charge in [-0.25, -0.2) is 0 Å². The van der Waals surface area contributed by atoms with E-state index in [1.54, 1.807) is 12.1 Å². The number of nitrogens with zero attached hydrogens (tertiary/aromatic N) is 2. The van der Waals surface area contributed by atoms with E-state index in [0.29, 0.717) is 5.11 Å². The van der Waals surface area contributed by atoms with Gasteiger partial charge in [0.1, 0.15) is 0 Å². The average Bonchev–Trinajstić information content (AvgIpc) is 2.44. The van der Waals surface area contributed by atoms with Crippen LogP contribution in [0.4, 0.5) is 5.69 Å². The molecule has 0 spiro atoms.